The van der Waals surface area contributed by atoms with Crippen molar-refractivity contribution in [2.75, 3.05) is 0 Å². The molecule has 0 saturated carbocycles. The third-order valence-corrected chi connectivity index (χ3v) is 4.69. The smallest absolute Gasteiger partial charge is 0.265 e. The number of aryl methyl sites for hydroxylation is 1. The van der Waals surface area contributed by atoms with Crippen LogP contribution in [0, 0.1) is 0 Å². The third-order valence-electron chi connectivity index (χ3n) is 4.39. The maximum Gasteiger partial charge on any atom is 0.265 e. The number of carbonyl (C=O) groups excluding carboxylic acids is 2. The first-order valence-corrected chi connectivity index (χ1v) is 8.29. The molecule has 2 aromatic rings. The minimum Gasteiger partial charge on any atom is -0.350 e. The zero-order chi connectivity index (χ0) is 17.4. The zero-order valence-corrected chi connectivity index (χ0v) is 14.7. The second-order valence-electron chi connectivity index (χ2n) is 5.96. The van der Waals surface area contributed by atoms with Crippen LogP contribution in [0.5, 0.6) is 0 Å². The Balaban J connectivity index is 2.09. The van der Waals surface area contributed by atoms with Crippen molar-refractivity contribution < 1.29 is 9.59 Å². The summed E-state index contributed by atoms with van der Waals surface area (Å²) in [5.74, 6) is -0.788. The highest BCUT2D eigenvalue weighted by Crippen LogP contribution is 2.24. The van der Waals surface area contributed by atoms with Crippen LogP contribution in [0.2, 0.25) is 0 Å². The number of amides is 2. The van der Waals surface area contributed by atoms with E-state index in [1.807, 2.05) is 55.9 Å². The molecule has 3 rings (SSSR count). The Kier molecular flexibility index (Phi) is 4.24. The van der Waals surface area contributed by atoms with Crippen molar-refractivity contribution in [3.8, 4) is 0 Å². The largest absolute Gasteiger partial charge is 0.350 e. The van der Waals surface area contributed by atoms with Crippen molar-refractivity contribution in [3.63, 3.8) is 0 Å². The fourth-order valence-electron chi connectivity index (χ4n) is 2.90. The van der Waals surface area contributed by atoms with Crippen molar-refractivity contribution in [2.45, 2.75) is 26.3 Å². The molecule has 6 heteroatoms. The average Bonchev–Trinajstić information content (AvgIpc) is 2.87. The van der Waals surface area contributed by atoms with Crippen molar-refractivity contribution in [1.29, 1.82) is 0 Å². The molecule has 24 heavy (non-hydrogen) atoms. The molecular weight excluding hydrogens is 322 g/mol. The fraction of sp³-hybridized carbons (Fsp3) is 0.278. The van der Waals surface area contributed by atoms with E-state index in [0.717, 1.165) is 22.9 Å². The number of rotatable bonds is 3. The maximum atomic E-state index is 12.8. The summed E-state index contributed by atoms with van der Waals surface area (Å²) in [5, 5.41) is 3.79. The number of thiocarbonyl (C=S) groups is 1. The molecule has 1 aromatic heterocycles. The number of nitrogens with one attached hydrogen (secondary N) is 1. The summed E-state index contributed by atoms with van der Waals surface area (Å²) in [6.07, 6.45) is 4.32. The topological polar surface area (TPSA) is 54.3 Å². The van der Waals surface area contributed by atoms with E-state index in [9.17, 15) is 9.59 Å². The van der Waals surface area contributed by atoms with Gasteiger partial charge in [0.05, 0.1) is 0 Å². The highest BCUT2D eigenvalue weighted by atomic mass is 32.1. The highest BCUT2D eigenvalue weighted by Gasteiger charge is 2.35. The first-order chi connectivity index (χ1) is 11.4. The number of aromatic nitrogens is 1. The monoisotopic (exact) mass is 341 g/mol. The van der Waals surface area contributed by atoms with Gasteiger partial charge in [-0.3, -0.25) is 19.8 Å². The van der Waals surface area contributed by atoms with Crippen LogP contribution in [0.25, 0.3) is 17.0 Å². The predicted octanol–water partition coefficient (Wildman–Crippen LogP) is 2.60. The molecule has 0 aliphatic carbocycles. The average molecular weight is 341 g/mol. The second kappa shape index (κ2) is 6.20. The van der Waals surface area contributed by atoms with E-state index in [0.29, 0.717) is 0 Å². The molecule has 5 nitrogen and oxygen atoms in total. The Morgan fingerprint density at radius 2 is 2.00 bits per heavy atom. The SMILES string of the molecule is CC[C@@H](C)N1C(=O)/C(=C/c2cn(C)c3ccccc23)C(=O)NC1=S. The first kappa shape index (κ1) is 16.4. The van der Waals surface area contributed by atoms with E-state index < -0.39 is 5.91 Å². The summed E-state index contributed by atoms with van der Waals surface area (Å²) < 4.78 is 1.98. The van der Waals surface area contributed by atoms with Gasteiger partial charge in [0, 0.05) is 35.8 Å². The Bertz CT molecular complexity index is 882. The van der Waals surface area contributed by atoms with Crippen molar-refractivity contribution in [3.05, 3.63) is 41.6 Å². The van der Waals surface area contributed by atoms with Crippen LogP contribution in [-0.4, -0.2) is 32.4 Å². The van der Waals surface area contributed by atoms with Crippen LogP contribution >= 0.6 is 12.2 Å². The van der Waals surface area contributed by atoms with Gasteiger partial charge in [-0.15, -0.1) is 0 Å². The number of para-hydroxylation sites is 1. The summed E-state index contributed by atoms with van der Waals surface area (Å²) in [7, 11) is 1.94. The summed E-state index contributed by atoms with van der Waals surface area (Å²) in [5.41, 5.74) is 1.99. The number of fused-ring (bicyclic) bond motifs is 1. The van der Waals surface area contributed by atoms with Crippen molar-refractivity contribution >= 4 is 46.1 Å². The predicted molar refractivity (Wildman–Crippen MR) is 98.2 cm³/mol. The van der Waals surface area contributed by atoms with Gasteiger partial charge in [0.25, 0.3) is 11.8 Å². The second-order valence-corrected chi connectivity index (χ2v) is 6.35. The lowest BCUT2D eigenvalue weighted by Gasteiger charge is -2.33. The molecule has 1 aliphatic heterocycles. The van der Waals surface area contributed by atoms with E-state index in [-0.39, 0.29) is 22.6 Å². The molecular formula is C18H19N3O2S. The summed E-state index contributed by atoms with van der Waals surface area (Å²) >= 11 is 5.16. The Hall–Kier alpha value is -2.47. The zero-order valence-electron chi connectivity index (χ0n) is 13.9. The standard InChI is InChI=1S/C18H19N3O2S/c1-4-11(2)21-17(23)14(16(22)19-18(21)24)9-12-10-20(3)15-8-6-5-7-13(12)15/h5-11H,4H2,1-3H3,(H,19,22,24)/b14-9+/t11-/m1/s1. The highest BCUT2D eigenvalue weighted by molar-refractivity contribution is 7.80. The normalized spacial score (nSPS) is 18.4. The molecule has 0 unspecified atom stereocenters. The molecule has 124 valence electrons. The van der Waals surface area contributed by atoms with Gasteiger partial charge in [-0.2, -0.15) is 0 Å². The van der Waals surface area contributed by atoms with Crippen LogP contribution in [0.4, 0.5) is 0 Å². The van der Waals surface area contributed by atoms with Crippen LogP contribution in [-0.2, 0) is 16.6 Å². The van der Waals surface area contributed by atoms with Gasteiger partial charge in [0.1, 0.15) is 5.57 Å². The van der Waals surface area contributed by atoms with Crippen molar-refractivity contribution in [1.82, 2.24) is 14.8 Å². The Morgan fingerprint density at radius 3 is 2.71 bits per heavy atom. The van der Waals surface area contributed by atoms with Gasteiger partial charge in [-0.05, 0) is 37.7 Å². The fourth-order valence-corrected chi connectivity index (χ4v) is 3.25. The lowest BCUT2D eigenvalue weighted by molar-refractivity contribution is -0.130. The van der Waals surface area contributed by atoms with Gasteiger partial charge in [0.2, 0.25) is 0 Å². The Labute approximate surface area is 145 Å². The number of hydrogen-bond acceptors (Lipinski definition) is 3. The first-order valence-electron chi connectivity index (χ1n) is 7.88. The molecule has 0 spiro atoms. The minimum atomic E-state index is -0.447. The lowest BCUT2D eigenvalue weighted by Crippen LogP contribution is -2.56. The number of nitrogens with zero attached hydrogens (tertiary/aromatic N) is 2. The van der Waals surface area contributed by atoms with Gasteiger partial charge < -0.3 is 4.57 Å². The molecule has 2 heterocycles. The molecule has 1 fully saturated rings. The van der Waals surface area contributed by atoms with Gasteiger partial charge in [-0.1, -0.05) is 25.1 Å². The molecule has 0 radical (unpaired) electrons. The van der Waals surface area contributed by atoms with E-state index in [2.05, 4.69) is 5.32 Å². The van der Waals surface area contributed by atoms with E-state index in [1.54, 1.807) is 6.08 Å². The van der Waals surface area contributed by atoms with E-state index >= 15 is 0 Å². The van der Waals surface area contributed by atoms with Gasteiger partial charge in [-0.25, -0.2) is 0 Å². The van der Waals surface area contributed by atoms with Gasteiger partial charge >= 0.3 is 0 Å². The molecule has 1 atom stereocenters. The van der Waals surface area contributed by atoms with Gasteiger partial charge in [0.15, 0.2) is 5.11 Å². The quantitative estimate of drug-likeness (QED) is 0.530. The molecule has 0 bridgehead atoms. The summed E-state index contributed by atoms with van der Waals surface area (Å²) in [4.78, 5) is 26.6. The van der Waals surface area contributed by atoms with Crippen LogP contribution in [0.15, 0.2) is 36.0 Å². The summed E-state index contributed by atoms with van der Waals surface area (Å²) in [6.45, 7) is 3.89. The summed E-state index contributed by atoms with van der Waals surface area (Å²) in [6, 6.07) is 7.81. The van der Waals surface area contributed by atoms with Crippen LogP contribution in [0.1, 0.15) is 25.8 Å². The molecule has 1 aliphatic rings. The van der Waals surface area contributed by atoms with Crippen LogP contribution < -0.4 is 5.32 Å². The molecule has 2 amide bonds. The molecule has 1 saturated heterocycles. The van der Waals surface area contributed by atoms with E-state index in [1.165, 1.54) is 4.90 Å². The minimum absolute atomic E-state index is 0.0680. The molecule has 1 aromatic carbocycles. The third kappa shape index (κ3) is 2.63. The molecule has 1 N–H and O–H groups in total. The van der Waals surface area contributed by atoms with Crippen LogP contribution in [0.3, 0.4) is 0 Å². The number of carbonyl (C=O) groups is 2. The number of benzene rings is 1. The lowest BCUT2D eigenvalue weighted by atomic mass is 10.1. The maximum absolute atomic E-state index is 12.8. The van der Waals surface area contributed by atoms with E-state index in [4.69, 9.17) is 12.2 Å². The van der Waals surface area contributed by atoms with Crippen molar-refractivity contribution in [2.24, 2.45) is 7.05 Å². The Morgan fingerprint density at radius 1 is 1.29 bits per heavy atom. The number of hydrogen-bond donors (Lipinski definition) is 1.